The smallest absolute Gasteiger partial charge is 0.243 e. The van der Waals surface area contributed by atoms with Crippen LogP contribution in [-0.4, -0.2) is 56.0 Å². The minimum atomic E-state index is -3.48. The summed E-state index contributed by atoms with van der Waals surface area (Å²) >= 11 is 0. The van der Waals surface area contributed by atoms with E-state index in [1.54, 1.807) is 25.3 Å². The molecule has 1 aliphatic rings. The Morgan fingerprint density at radius 3 is 2.31 bits per heavy atom. The summed E-state index contributed by atoms with van der Waals surface area (Å²) in [4.78, 5) is 2.48. The highest BCUT2D eigenvalue weighted by atomic mass is 32.2. The number of phenolic OH excluding ortho intramolecular Hbond substituents is 1. The fraction of sp³-hybridized carbons (Fsp3) is 0.364. The molecule has 1 N–H and O–H groups in total. The summed E-state index contributed by atoms with van der Waals surface area (Å²) in [6.07, 6.45) is 2.30. The zero-order valence-electron chi connectivity index (χ0n) is 17.0. The van der Waals surface area contributed by atoms with Crippen molar-refractivity contribution in [3.05, 3.63) is 65.7 Å². The van der Waals surface area contributed by atoms with Gasteiger partial charge in [-0.3, -0.25) is 4.90 Å². The Bertz CT molecular complexity index is 963. The number of ether oxygens (including phenoxy) is 1. The van der Waals surface area contributed by atoms with Crippen molar-refractivity contribution in [2.24, 2.45) is 0 Å². The summed E-state index contributed by atoms with van der Waals surface area (Å²) in [5, 5.41) is 10.6. The number of piperazine rings is 1. The lowest BCUT2D eigenvalue weighted by molar-refractivity contribution is 0.180. The van der Waals surface area contributed by atoms with Gasteiger partial charge in [0.15, 0.2) is 0 Å². The molecule has 3 rings (SSSR count). The van der Waals surface area contributed by atoms with Crippen molar-refractivity contribution in [2.45, 2.75) is 24.8 Å². The van der Waals surface area contributed by atoms with E-state index in [0.717, 1.165) is 16.7 Å². The highest BCUT2D eigenvalue weighted by Gasteiger charge is 2.28. The van der Waals surface area contributed by atoms with Crippen LogP contribution in [0.1, 0.15) is 16.7 Å². The molecule has 0 atom stereocenters. The molecule has 0 unspecified atom stereocenters. The van der Waals surface area contributed by atoms with Crippen molar-refractivity contribution in [1.29, 1.82) is 0 Å². The largest absolute Gasteiger partial charge is 0.507 e. The maximum atomic E-state index is 12.9. The van der Waals surface area contributed by atoms with Gasteiger partial charge in [0, 0.05) is 43.9 Å². The van der Waals surface area contributed by atoms with E-state index in [4.69, 9.17) is 4.74 Å². The highest BCUT2D eigenvalue weighted by molar-refractivity contribution is 7.89. The molecule has 0 radical (unpaired) electrons. The molecule has 0 spiro atoms. The molecule has 1 heterocycles. The van der Waals surface area contributed by atoms with Gasteiger partial charge < -0.3 is 9.84 Å². The summed E-state index contributed by atoms with van der Waals surface area (Å²) in [6, 6.07) is 10.6. The van der Waals surface area contributed by atoms with Gasteiger partial charge in [-0.25, -0.2) is 8.42 Å². The molecule has 7 heteroatoms. The first-order valence-corrected chi connectivity index (χ1v) is 11.1. The molecule has 1 fully saturated rings. The van der Waals surface area contributed by atoms with Crippen molar-refractivity contribution < 1.29 is 18.3 Å². The normalized spacial score (nSPS) is 15.9. The average Bonchev–Trinajstić information content (AvgIpc) is 2.71. The number of rotatable bonds is 7. The third-order valence-electron chi connectivity index (χ3n) is 5.23. The summed E-state index contributed by atoms with van der Waals surface area (Å²) in [5.41, 5.74) is 2.58. The first-order chi connectivity index (χ1) is 13.8. The number of nitrogens with zero attached hydrogens (tertiary/aromatic N) is 2. The average molecular weight is 417 g/mol. The van der Waals surface area contributed by atoms with Gasteiger partial charge in [-0.05, 0) is 37.6 Å². The third-order valence-corrected chi connectivity index (χ3v) is 7.14. The lowest BCUT2D eigenvalue weighted by Gasteiger charge is -2.34. The number of aryl methyl sites for hydroxylation is 1. The predicted octanol–water partition coefficient (Wildman–Crippen LogP) is 2.94. The number of benzene rings is 2. The quantitative estimate of drug-likeness (QED) is 0.703. The number of methoxy groups -OCH3 is 1. The minimum absolute atomic E-state index is 0.250. The molecule has 0 saturated carbocycles. The van der Waals surface area contributed by atoms with E-state index in [0.29, 0.717) is 49.8 Å². The first kappa shape index (κ1) is 21.4. The van der Waals surface area contributed by atoms with Crippen molar-refractivity contribution in [3.63, 3.8) is 0 Å². The zero-order valence-corrected chi connectivity index (χ0v) is 17.8. The lowest BCUT2D eigenvalue weighted by Crippen LogP contribution is -2.48. The van der Waals surface area contributed by atoms with Crippen LogP contribution in [0.5, 0.6) is 11.5 Å². The number of allylic oxidation sites excluding steroid dienone is 1. The summed E-state index contributed by atoms with van der Waals surface area (Å²) in [7, 11) is -1.88. The fourth-order valence-electron chi connectivity index (χ4n) is 3.51. The van der Waals surface area contributed by atoms with E-state index in [2.05, 4.69) is 11.5 Å². The number of aromatic hydroxyl groups is 1. The van der Waals surface area contributed by atoms with Crippen LogP contribution in [0.4, 0.5) is 0 Å². The van der Waals surface area contributed by atoms with Crippen LogP contribution in [-0.2, 0) is 23.0 Å². The van der Waals surface area contributed by atoms with E-state index < -0.39 is 10.0 Å². The molecule has 1 aliphatic heterocycles. The fourth-order valence-corrected chi connectivity index (χ4v) is 4.93. The molecule has 156 valence electrons. The SMILES string of the molecule is C=CCc1cc(OC)cc(CN2CCN(S(=O)(=O)c3ccc(C)cc3)CC2)c1O. The Hall–Kier alpha value is -2.35. The molecular formula is C22H28N2O4S. The second-order valence-electron chi connectivity index (χ2n) is 7.28. The van der Waals surface area contributed by atoms with E-state index >= 15 is 0 Å². The molecule has 2 aromatic rings. The minimum Gasteiger partial charge on any atom is -0.507 e. The number of hydrogen-bond acceptors (Lipinski definition) is 5. The standard InChI is InChI=1S/C22H28N2O4S/c1-4-5-18-14-20(28-3)15-19(22(18)25)16-23-10-12-24(13-11-23)29(26,27)21-8-6-17(2)7-9-21/h4,6-9,14-15,25H,1,5,10-13,16H2,2-3H3. The maximum absolute atomic E-state index is 12.9. The van der Waals surface area contributed by atoms with Crippen molar-refractivity contribution in [3.8, 4) is 11.5 Å². The van der Waals surface area contributed by atoms with Gasteiger partial charge in [-0.1, -0.05) is 23.8 Å². The second-order valence-corrected chi connectivity index (χ2v) is 9.22. The summed E-state index contributed by atoms with van der Waals surface area (Å²) in [6.45, 7) is 8.23. The Labute approximate surface area is 173 Å². The van der Waals surface area contributed by atoms with Crippen LogP contribution in [0.2, 0.25) is 0 Å². The predicted molar refractivity (Wildman–Crippen MR) is 114 cm³/mol. The molecular weight excluding hydrogens is 388 g/mol. The van der Waals surface area contributed by atoms with Crippen molar-refractivity contribution in [1.82, 2.24) is 9.21 Å². The van der Waals surface area contributed by atoms with Gasteiger partial charge in [-0.2, -0.15) is 4.31 Å². The van der Waals surface area contributed by atoms with Crippen molar-refractivity contribution >= 4 is 10.0 Å². The molecule has 2 aromatic carbocycles. The van der Waals surface area contributed by atoms with E-state index in [-0.39, 0.29) is 5.75 Å². The molecule has 1 saturated heterocycles. The summed E-state index contributed by atoms with van der Waals surface area (Å²) in [5.74, 6) is 0.940. The van der Waals surface area contributed by atoms with Crippen LogP contribution in [0.3, 0.4) is 0 Å². The highest BCUT2D eigenvalue weighted by Crippen LogP contribution is 2.30. The van der Waals surface area contributed by atoms with Crippen LogP contribution < -0.4 is 4.74 Å². The van der Waals surface area contributed by atoms with E-state index in [1.165, 1.54) is 4.31 Å². The first-order valence-electron chi connectivity index (χ1n) is 9.64. The van der Waals surface area contributed by atoms with Crippen LogP contribution in [0.15, 0.2) is 53.9 Å². The summed E-state index contributed by atoms with van der Waals surface area (Å²) < 4.78 is 32.6. The van der Waals surface area contributed by atoms with Gasteiger partial charge in [0.25, 0.3) is 0 Å². The molecule has 0 aromatic heterocycles. The molecule has 6 nitrogen and oxygen atoms in total. The number of hydrogen-bond donors (Lipinski definition) is 1. The van der Waals surface area contributed by atoms with E-state index in [9.17, 15) is 13.5 Å². The Kier molecular flexibility index (Phi) is 6.62. The van der Waals surface area contributed by atoms with Crippen LogP contribution >= 0.6 is 0 Å². The zero-order chi connectivity index (χ0) is 21.0. The topological polar surface area (TPSA) is 70.1 Å². The van der Waals surface area contributed by atoms with Gasteiger partial charge in [0.1, 0.15) is 11.5 Å². The molecule has 0 amide bonds. The monoisotopic (exact) mass is 416 g/mol. The molecule has 0 aliphatic carbocycles. The van der Waals surface area contributed by atoms with Gasteiger partial charge in [0.2, 0.25) is 10.0 Å². The Morgan fingerprint density at radius 1 is 1.10 bits per heavy atom. The van der Waals surface area contributed by atoms with Gasteiger partial charge in [0.05, 0.1) is 12.0 Å². The van der Waals surface area contributed by atoms with E-state index in [1.807, 2.05) is 31.2 Å². The lowest BCUT2D eigenvalue weighted by atomic mass is 10.0. The van der Waals surface area contributed by atoms with Crippen LogP contribution in [0, 0.1) is 6.92 Å². The molecule has 29 heavy (non-hydrogen) atoms. The second kappa shape index (κ2) is 8.98. The number of phenols is 1. The third kappa shape index (κ3) is 4.80. The Balaban J connectivity index is 1.69. The van der Waals surface area contributed by atoms with Gasteiger partial charge in [-0.15, -0.1) is 6.58 Å². The van der Waals surface area contributed by atoms with Gasteiger partial charge >= 0.3 is 0 Å². The maximum Gasteiger partial charge on any atom is 0.243 e. The molecule has 0 bridgehead atoms. The Morgan fingerprint density at radius 2 is 1.72 bits per heavy atom. The number of sulfonamides is 1. The van der Waals surface area contributed by atoms with Crippen molar-refractivity contribution in [2.75, 3.05) is 33.3 Å². The van der Waals surface area contributed by atoms with Crippen LogP contribution in [0.25, 0.3) is 0 Å².